The predicted molar refractivity (Wildman–Crippen MR) is 237 cm³/mol. The van der Waals surface area contributed by atoms with Crippen LogP contribution >= 0.6 is 22.6 Å². The smallest absolute Gasteiger partial charge is 0.421 e. The van der Waals surface area contributed by atoms with Crippen molar-refractivity contribution in [3.05, 3.63) is 71.8 Å². The summed E-state index contributed by atoms with van der Waals surface area (Å²) in [7, 11) is 0. The van der Waals surface area contributed by atoms with Crippen molar-refractivity contribution in [1.29, 1.82) is 0 Å². The summed E-state index contributed by atoms with van der Waals surface area (Å²) in [5, 5.41) is 11.5. The molecule has 0 bridgehead atoms. The van der Waals surface area contributed by atoms with Gasteiger partial charge in [-0.1, -0.05) is 117 Å². The minimum Gasteiger partial charge on any atom is -0.421 e. The average Bonchev–Trinajstić information content (AvgIpc) is 3.22. The van der Waals surface area contributed by atoms with E-state index in [0.717, 1.165) is 11.1 Å². The largest absolute Gasteiger partial charge is 0.510 e. The van der Waals surface area contributed by atoms with Crippen LogP contribution in [0.1, 0.15) is 71.4 Å². The highest BCUT2D eigenvalue weighted by Gasteiger charge is 2.42. The number of amides is 4. The minimum absolute atomic E-state index is 0.0440. The van der Waals surface area contributed by atoms with Crippen LogP contribution in [-0.2, 0) is 51.0 Å². The van der Waals surface area contributed by atoms with Gasteiger partial charge in [0.15, 0.2) is 18.0 Å². The third-order valence-corrected chi connectivity index (χ3v) is 11.4. The van der Waals surface area contributed by atoms with E-state index >= 15 is 0 Å². The van der Waals surface area contributed by atoms with Crippen LogP contribution in [0.4, 0.5) is 4.79 Å². The first kappa shape index (κ1) is 49.8. The zero-order valence-electron chi connectivity index (χ0n) is 35.5. The van der Waals surface area contributed by atoms with Gasteiger partial charge in [0.2, 0.25) is 23.6 Å². The number of carbonyl (C=O) groups excluding carboxylic acids is 6. The Labute approximate surface area is 368 Å². The second kappa shape index (κ2) is 25.9. The van der Waals surface area contributed by atoms with Gasteiger partial charge < -0.3 is 35.5 Å². The van der Waals surface area contributed by atoms with Gasteiger partial charge in [0.1, 0.15) is 18.1 Å². The number of alkyl halides is 1. The molecule has 1 heterocycles. The molecule has 328 valence electrons. The maximum atomic E-state index is 14.3. The molecule has 0 aromatic heterocycles. The Balaban J connectivity index is 1.88. The van der Waals surface area contributed by atoms with Crippen LogP contribution in [0.25, 0.3) is 0 Å². The quantitative estimate of drug-likeness (QED) is 0.0517. The molecule has 4 N–H and O–H groups in total. The van der Waals surface area contributed by atoms with Gasteiger partial charge in [-0.2, -0.15) is 0 Å². The van der Waals surface area contributed by atoms with Crippen molar-refractivity contribution in [2.75, 3.05) is 43.9 Å². The summed E-state index contributed by atoms with van der Waals surface area (Å²) < 4.78 is 15.8. The summed E-state index contributed by atoms with van der Waals surface area (Å²) in [4.78, 5) is 84.5. The van der Waals surface area contributed by atoms with Crippen molar-refractivity contribution in [2.45, 2.75) is 103 Å². The molecule has 0 saturated carbocycles. The molecule has 4 amide bonds. The molecule has 0 radical (unpaired) electrons. The van der Waals surface area contributed by atoms with Gasteiger partial charge in [-0.05, 0) is 62.0 Å². The topological polar surface area (TPSA) is 181 Å². The Morgan fingerprint density at radius 1 is 0.767 bits per heavy atom. The van der Waals surface area contributed by atoms with Crippen molar-refractivity contribution in [3.8, 4) is 12.3 Å². The third-order valence-electron chi connectivity index (χ3n) is 9.97. The number of hydrogen-bond acceptors (Lipinski definition) is 10. The number of morpholine rings is 1. The standard InChI is InChI=1S/C45H62IN5O9/c1-7-24-59-44(57)60-45(6,30-46)40(53)35(20-18-31(2)3)48-43(56)38(28-34-16-12-9-13-17-34)50-42(55)37(27-32(4)5)49-41(54)36(21-19-33-14-10-8-11-15-33)47-39(52)29-51-22-25-58-26-23-51/h1,8-17,31-32,35-38H,18-30H2,2-6H3,(H,47,52)(H,48,56)(H,49,54)(H,50,55)/t35-,36-,37-,38-,45+/m0/s1. The van der Waals surface area contributed by atoms with E-state index < -0.39 is 59.4 Å². The van der Waals surface area contributed by atoms with E-state index in [1.54, 1.807) is 0 Å². The summed E-state index contributed by atoms with van der Waals surface area (Å²) in [6.07, 6.45) is 5.98. The van der Waals surface area contributed by atoms with Crippen molar-refractivity contribution in [3.63, 3.8) is 0 Å². The van der Waals surface area contributed by atoms with Crippen LogP contribution < -0.4 is 21.3 Å². The molecule has 0 unspecified atom stereocenters. The van der Waals surface area contributed by atoms with E-state index in [-0.39, 0.29) is 61.0 Å². The molecule has 1 fully saturated rings. The number of Topliss-reactive ketones (excluding diaryl/α,β-unsaturated/α-hetero) is 1. The summed E-state index contributed by atoms with van der Waals surface area (Å²) in [5.41, 5.74) is 0.0668. The van der Waals surface area contributed by atoms with Crippen LogP contribution in [0.15, 0.2) is 60.7 Å². The number of aryl methyl sites for hydroxylation is 1. The molecule has 15 heteroatoms. The van der Waals surface area contributed by atoms with Crippen LogP contribution in [-0.4, -0.2) is 114 Å². The van der Waals surface area contributed by atoms with Crippen molar-refractivity contribution in [2.24, 2.45) is 11.8 Å². The number of hydrogen-bond donors (Lipinski definition) is 4. The molecule has 14 nitrogen and oxygen atoms in total. The first-order chi connectivity index (χ1) is 28.6. The second-order valence-electron chi connectivity index (χ2n) is 16.1. The summed E-state index contributed by atoms with van der Waals surface area (Å²) in [6, 6.07) is 14.4. The molecule has 1 aliphatic heterocycles. The van der Waals surface area contributed by atoms with Crippen LogP contribution in [0.2, 0.25) is 0 Å². The van der Waals surface area contributed by atoms with Gasteiger partial charge in [0.05, 0.1) is 25.8 Å². The predicted octanol–water partition coefficient (Wildman–Crippen LogP) is 4.16. The van der Waals surface area contributed by atoms with E-state index in [2.05, 4.69) is 27.2 Å². The Morgan fingerprint density at radius 2 is 1.33 bits per heavy atom. The molecule has 3 rings (SSSR count). The van der Waals surface area contributed by atoms with Crippen molar-refractivity contribution < 1.29 is 43.0 Å². The molecular formula is C45H62IN5O9. The number of ether oxygens (including phenoxy) is 3. The van der Waals surface area contributed by atoms with Gasteiger partial charge in [-0.15, -0.1) is 6.42 Å². The Hall–Kier alpha value is -4.53. The fourth-order valence-corrected chi connectivity index (χ4v) is 7.13. The van der Waals surface area contributed by atoms with E-state index in [0.29, 0.717) is 39.1 Å². The third kappa shape index (κ3) is 17.6. The molecule has 2 aromatic rings. The molecule has 0 spiro atoms. The average molecular weight is 944 g/mol. The number of rotatable bonds is 24. The van der Waals surface area contributed by atoms with Gasteiger partial charge in [0.25, 0.3) is 0 Å². The van der Waals surface area contributed by atoms with E-state index in [1.165, 1.54) is 6.92 Å². The minimum atomic E-state index is -1.67. The zero-order chi connectivity index (χ0) is 44.1. The highest BCUT2D eigenvalue weighted by molar-refractivity contribution is 14.1. The summed E-state index contributed by atoms with van der Waals surface area (Å²) >= 11 is 1.93. The molecule has 0 aliphatic carbocycles. The molecule has 1 saturated heterocycles. The lowest BCUT2D eigenvalue weighted by molar-refractivity contribution is -0.141. The fourth-order valence-electron chi connectivity index (χ4n) is 6.60. The zero-order valence-corrected chi connectivity index (χ0v) is 37.7. The number of benzene rings is 2. The van der Waals surface area contributed by atoms with Gasteiger partial charge in [-0.25, -0.2) is 4.79 Å². The number of terminal acetylenes is 1. The Morgan fingerprint density at radius 3 is 1.92 bits per heavy atom. The monoisotopic (exact) mass is 943 g/mol. The number of carbonyl (C=O) groups is 6. The Kier molecular flexibility index (Phi) is 21.6. The molecule has 5 atom stereocenters. The van der Waals surface area contributed by atoms with E-state index in [9.17, 15) is 28.8 Å². The normalized spacial score (nSPS) is 15.9. The van der Waals surface area contributed by atoms with Gasteiger partial charge in [0, 0.05) is 23.9 Å². The van der Waals surface area contributed by atoms with E-state index in [1.807, 2.05) is 116 Å². The van der Waals surface area contributed by atoms with Crippen LogP contribution in [0.5, 0.6) is 0 Å². The molecule has 60 heavy (non-hydrogen) atoms. The Bertz CT molecular complexity index is 1730. The lowest BCUT2D eigenvalue weighted by Gasteiger charge is -2.31. The van der Waals surface area contributed by atoms with Gasteiger partial charge >= 0.3 is 6.16 Å². The lowest BCUT2D eigenvalue weighted by Crippen LogP contribution is -2.60. The molecule has 1 aliphatic rings. The highest BCUT2D eigenvalue weighted by Crippen LogP contribution is 2.22. The van der Waals surface area contributed by atoms with Crippen LogP contribution in [0, 0.1) is 24.2 Å². The van der Waals surface area contributed by atoms with Gasteiger partial charge in [-0.3, -0.25) is 28.9 Å². The second-order valence-corrected chi connectivity index (χ2v) is 16.8. The number of nitrogens with zero attached hydrogens (tertiary/aromatic N) is 1. The summed E-state index contributed by atoms with van der Waals surface area (Å²) in [5.74, 6) is -0.310. The first-order valence-corrected chi connectivity index (χ1v) is 22.1. The maximum Gasteiger partial charge on any atom is 0.510 e. The lowest BCUT2D eigenvalue weighted by atomic mass is 9.91. The van der Waals surface area contributed by atoms with E-state index in [4.69, 9.17) is 20.6 Å². The number of ketones is 1. The van der Waals surface area contributed by atoms with Crippen LogP contribution in [0.3, 0.4) is 0 Å². The molecule has 2 aromatic carbocycles. The number of nitrogens with one attached hydrogen (secondary N) is 4. The van der Waals surface area contributed by atoms with Crippen molar-refractivity contribution >= 4 is 58.2 Å². The number of halogens is 1. The maximum absolute atomic E-state index is 14.3. The van der Waals surface area contributed by atoms with Crippen molar-refractivity contribution in [1.82, 2.24) is 26.2 Å². The molecular weight excluding hydrogens is 881 g/mol. The highest BCUT2D eigenvalue weighted by atomic mass is 127. The SMILES string of the molecule is C#CCOC(=O)O[C@](C)(CI)C(=O)[C@H](CCC(C)C)NC(=O)[C@H](Cc1ccccc1)NC(=O)[C@H](CC(C)C)NC(=O)[C@H](CCc1ccccc1)NC(=O)CN1CCOCC1. The first-order valence-electron chi connectivity index (χ1n) is 20.6. The summed E-state index contributed by atoms with van der Waals surface area (Å²) in [6.45, 7) is 11.2. The fraction of sp³-hybridized carbons (Fsp3) is 0.556.